The van der Waals surface area contributed by atoms with Crippen LogP contribution in [0.25, 0.3) is 16.6 Å². The lowest BCUT2D eigenvalue weighted by atomic mass is 10.1. The van der Waals surface area contributed by atoms with Crippen LogP contribution < -0.4 is 20.9 Å². The number of aryl methyl sites for hydroxylation is 1. The van der Waals surface area contributed by atoms with Gasteiger partial charge in [-0.2, -0.15) is 0 Å². The van der Waals surface area contributed by atoms with Crippen LogP contribution in [0.5, 0.6) is 5.75 Å². The Balaban J connectivity index is 1.59. The summed E-state index contributed by atoms with van der Waals surface area (Å²) >= 11 is 0. The van der Waals surface area contributed by atoms with E-state index in [9.17, 15) is 9.90 Å². The molecule has 1 aromatic carbocycles. The van der Waals surface area contributed by atoms with Gasteiger partial charge >= 0.3 is 5.97 Å². The summed E-state index contributed by atoms with van der Waals surface area (Å²) in [6, 6.07) is 3.25. The highest BCUT2D eigenvalue weighted by Gasteiger charge is 2.36. The second kappa shape index (κ2) is 6.22. The molecule has 3 aliphatic rings. The highest BCUT2D eigenvalue weighted by atomic mass is 16.5. The van der Waals surface area contributed by atoms with E-state index >= 15 is 0 Å². The average molecular weight is 367 g/mol. The van der Waals surface area contributed by atoms with Crippen LogP contribution in [0.4, 0.5) is 5.69 Å². The molecule has 0 saturated heterocycles. The fourth-order valence-electron chi connectivity index (χ4n) is 3.74. The van der Waals surface area contributed by atoms with Gasteiger partial charge in [0, 0.05) is 36.3 Å². The van der Waals surface area contributed by atoms with Crippen molar-refractivity contribution >= 4 is 28.3 Å². The van der Waals surface area contributed by atoms with E-state index in [-0.39, 0.29) is 5.92 Å². The molecule has 2 aromatic rings. The van der Waals surface area contributed by atoms with Crippen molar-refractivity contribution in [3.63, 3.8) is 0 Å². The number of allylic oxidation sites excluding steroid dienone is 2. The number of aromatic nitrogens is 2. The van der Waals surface area contributed by atoms with Crippen LogP contribution >= 0.6 is 0 Å². The van der Waals surface area contributed by atoms with Crippen LogP contribution in [0, 0.1) is 5.92 Å². The molecule has 27 heavy (non-hydrogen) atoms. The number of ether oxygens (including phenoxy) is 1. The second-order valence-corrected chi connectivity index (χ2v) is 7.15. The Kier molecular flexibility index (Phi) is 3.70. The fourth-order valence-corrected chi connectivity index (χ4v) is 3.74. The average Bonchev–Trinajstić information content (AvgIpc) is 3.47. The van der Waals surface area contributed by atoms with E-state index in [2.05, 4.69) is 20.7 Å². The quantitative estimate of drug-likeness (QED) is 0.642. The number of carboxylic acid groups (broad SMARTS) is 1. The second-order valence-electron chi connectivity index (χ2n) is 7.15. The van der Waals surface area contributed by atoms with E-state index in [1.54, 1.807) is 0 Å². The molecule has 8 nitrogen and oxygen atoms in total. The highest BCUT2D eigenvalue weighted by Crippen LogP contribution is 2.38. The number of hydrazine groups is 1. The zero-order valence-corrected chi connectivity index (χ0v) is 14.7. The van der Waals surface area contributed by atoms with E-state index in [0.717, 1.165) is 59.7 Å². The normalized spacial score (nSPS) is 19.3. The van der Waals surface area contributed by atoms with Crippen molar-refractivity contribution in [2.24, 2.45) is 5.92 Å². The Hall–Kier alpha value is -3.16. The fraction of sp³-hybridized carbons (Fsp3) is 0.368. The molecule has 3 heterocycles. The topological polar surface area (TPSA) is 100 Å². The SMILES string of the molecule is O=C(O)[C@@H](Nc1cc2c3c(c1)nc(C1=CNNC=C1)n3CCCO2)C1CC1. The lowest BCUT2D eigenvalue weighted by molar-refractivity contribution is -0.138. The number of carbonyl (C=O) groups is 1. The van der Waals surface area contributed by atoms with Crippen LogP contribution in [-0.4, -0.2) is 33.3 Å². The van der Waals surface area contributed by atoms with Crippen LogP contribution in [0.15, 0.2) is 30.6 Å². The van der Waals surface area contributed by atoms with Crippen LogP contribution in [0.1, 0.15) is 25.1 Å². The molecule has 0 radical (unpaired) electrons. The van der Waals surface area contributed by atoms with Gasteiger partial charge < -0.3 is 30.6 Å². The molecule has 4 N–H and O–H groups in total. The molecule has 1 aromatic heterocycles. The molecule has 140 valence electrons. The third-order valence-electron chi connectivity index (χ3n) is 5.19. The number of carboxylic acids is 1. The first-order valence-corrected chi connectivity index (χ1v) is 9.25. The zero-order chi connectivity index (χ0) is 18.4. The number of hydrogen-bond donors (Lipinski definition) is 4. The van der Waals surface area contributed by atoms with Crippen molar-refractivity contribution in [3.8, 4) is 5.75 Å². The number of imidazole rings is 1. The molecule has 1 saturated carbocycles. The molecule has 8 heteroatoms. The van der Waals surface area contributed by atoms with E-state index in [1.807, 2.05) is 30.6 Å². The lowest BCUT2D eigenvalue weighted by Crippen LogP contribution is -2.31. The largest absolute Gasteiger partial charge is 0.491 e. The molecular weight excluding hydrogens is 346 g/mol. The summed E-state index contributed by atoms with van der Waals surface area (Å²) < 4.78 is 8.15. The van der Waals surface area contributed by atoms with Crippen molar-refractivity contribution in [2.75, 3.05) is 11.9 Å². The van der Waals surface area contributed by atoms with Gasteiger partial charge in [-0.05, 0) is 37.3 Å². The molecular formula is C19H21N5O3. The molecule has 0 bridgehead atoms. The van der Waals surface area contributed by atoms with Gasteiger partial charge in [-0.25, -0.2) is 9.78 Å². The molecule has 1 aliphatic carbocycles. The Bertz CT molecular complexity index is 973. The maximum atomic E-state index is 11.6. The number of rotatable bonds is 5. The summed E-state index contributed by atoms with van der Waals surface area (Å²) in [5.74, 6) is 1.00. The van der Waals surface area contributed by atoms with Crippen LogP contribution in [0.3, 0.4) is 0 Å². The van der Waals surface area contributed by atoms with Crippen LogP contribution in [0.2, 0.25) is 0 Å². The van der Waals surface area contributed by atoms with Crippen molar-refractivity contribution < 1.29 is 14.6 Å². The number of hydrogen-bond acceptors (Lipinski definition) is 6. The molecule has 0 spiro atoms. The first-order chi connectivity index (χ1) is 13.2. The third-order valence-corrected chi connectivity index (χ3v) is 5.19. The molecule has 2 aliphatic heterocycles. The molecule has 5 rings (SSSR count). The molecule has 1 atom stereocenters. The summed E-state index contributed by atoms with van der Waals surface area (Å²) in [4.78, 5) is 16.4. The van der Waals surface area contributed by atoms with E-state index in [4.69, 9.17) is 9.72 Å². The van der Waals surface area contributed by atoms with Crippen LogP contribution in [-0.2, 0) is 11.3 Å². The third kappa shape index (κ3) is 2.87. The smallest absolute Gasteiger partial charge is 0.326 e. The van der Waals surface area contributed by atoms with E-state index in [1.165, 1.54) is 0 Å². The van der Waals surface area contributed by atoms with E-state index < -0.39 is 12.0 Å². The monoisotopic (exact) mass is 367 g/mol. The minimum absolute atomic E-state index is 0.197. The predicted octanol–water partition coefficient (Wildman–Crippen LogP) is 2.06. The lowest BCUT2D eigenvalue weighted by Gasteiger charge is -2.16. The highest BCUT2D eigenvalue weighted by molar-refractivity contribution is 5.90. The van der Waals surface area contributed by atoms with Crippen molar-refractivity contribution in [1.29, 1.82) is 0 Å². The van der Waals surface area contributed by atoms with Crippen molar-refractivity contribution in [3.05, 3.63) is 36.4 Å². The maximum Gasteiger partial charge on any atom is 0.326 e. The number of nitrogens with zero attached hydrogens (tertiary/aromatic N) is 2. The minimum Gasteiger partial charge on any atom is -0.491 e. The van der Waals surface area contributed by atoms with Gasteiger partial charge in [0.05, 0.1) is 12.1 Å². The predicted molar refractivity (Wildman–Crippen MR) is 101 cm³/mol. The first-order valence-electron chi connectivity index (χ1n) is 9.25. The van der Waals surface area contributed by atoms with E-state index in [0.29, 0.717) is 6.61 Å². The Morgan fingerprint density at radius 1 is 1.37 bits per heavy atom. The zero-order valence-electron chi connectivity index (χ0n) is 14.7. The number of benzene rings is 1. The van der Waals surface area contributed by atoms with Gasteiger partial charge in [0.25, 0.3) is 0 Å². The first kappa shape index (κ1) is 16.0. The minimum atomic E-state index is -0.813. The number of aliphatic carboxylic acids is 1. The standard InChI is InChI=1S/C19H21N5O3/c25-19(26)16(11-2-3-11)22-13-8-14-17-15(9-13)27-7-1-6-24(17)18(23-14)12-4-5-20-21-10-12/h4-5,8-11,16,20-22H,1-3,6-7H2,(H,25,26)/t16-/m0/s1. The van der Waals surface area contributed by atoms with Gasteiger partial charge in [-0.15, -0.1) is 0 Å². The maximum absolute atomic E-state index is 11.6. The van der Waals surface area contributed by atoms with Crippen molar-refractivity contribution in [2.45, 2.75) is 31.8 Å². The summed E-state index contributed by atoms with van der Waals surface area (Å²) in [7, 11) is 0. The molecule has 0 amide bonds. The van der Waals surface area contributed by atoms with Gasteiger partial charge in [0.15, 0.2) is 0 Å². The van der Waals surface area contributed by atoms with Gasteiger partial charge in [0.2, 0.25) is 0 Å². The van der Waals surface area contributed by atoms with Gasteiger partial charge in [-0.1, -0.05) is 0 Å². The number of nitrogens with one attached hydrogen (secondary N) is 3. The van der Waals surface area contributed by atoms with Crippen molar-refractivity contribution in [1.82, 2.24) is 20.4 Å². The Morgan fingerprint density at radius 3 is 3.00 bits per heavy atom. The summed E-state index contributed by atoms with van der Waals surface area (Å²) in [6.45, 7) is 1.45. The summed E-state index contributed by atoms with van der Waals surface area (Å²) in [6.07, 6.45) is 8.47. The Morgan fingerprint density at radius 2 is 2.26 bits per heavy atom. The summed E-state index contributed by atoms with van der Waals surface area (Å²) in [5, 5.41) is 12.7. The molecule has 1 fully saturated rings. The number of anilines is 1. The summed E-state index contributed by atoms with van der Waals surface area (Å²) in [5.41, 5.74) is 9.38. The Labute approximate surface area is 155 Å². The van der Waals surface area contributed by atoms with Gasteiger partial charge in [0.1, 0.15) is 23.1 Å². The van der Waals surface area contributed by atoms with Gasteiger partial charge in [-0.3, -0.25) is 0 Å². The molecule has 0 unspecified atom stereocenters.